The number of ether oxygens (including phenoxy) is 2. The summed E-state index contributed by atoms with van der Waals surface area (Å²) in [6.45, 7) is 5.47. The van der Waals surface area contributed by atoms with Crippen molar-refractivity contribution in [2.75, 3.05) is 41.9 Å². The summed E-state index contributed by atoms with van der Waals surface area (Å²) in [6.07, 6.45) is 0. The average Bonchev–Trinajstić information content (AvgIpc) is 2.95. The monoisotopic (exact) mass is 530 g/mol. The molecule has 0 spiro atoms. The van der Waals surface area contributed by atoms with Crippen LogP contribution in [0.2, 0.25) is 0 Å². The zero-order chi connectivity index (χ0) is 21.6. The van der Waals surface area contributed by atoms with E-state index in [-0.39, 0.29) is 30.0 Å². The highest BCUT2D eigenvalue weighted by Crippen LogP contribution is 2.31. The first-order valence-corrected chi connectivity index (χ1v) is 9.64. The summed E-state index contributed by atoms with van der Waals surface area (Å²) in [6, 6.07) is 6.15. The van der Waals surface area contributed by atoms with Crippen molar-refractivity contribution in [3.63, 3.8) is 0 Å². The summed E-state index contributed by atoms with van der Waals surface area (Å²) >= 11 is 0. The van der Waals surface area contributed by atoms with E-state index in [1.807, 2.05) is 30.8 Å². The molecular weight excluding hydrogens is 495 g/mol. The molecule has 1 atom stereocenters. The van der Waals surface area contributed by atoms with Crippen molar-refractivity contribution in [1.29, 1.82) is 0 Å². The molecule has 2 N–H and O–H groups in total. The van der Waals surface area contributed by atoms with E-state index in [1.165, 1.54) is 5.56 Å². The zero-order valence-corrected chi connectivity index (χ0v) is 21.6. The van der Waals surface area contributed by atoms with Crippen LogP contribution in [0, 0.1) is 13.8 Å². The van der Waals surface area contributed by atoms with E-state index in [9.17, 15) is 0 Å². The van der Waals surface area contributed by atoms with Gasteiger partial charge in [0.05, 0.1) is 26.0 Å². The third kappa shape index (κ3) is 6.24. The van der Waals surface area contributed by atoms with Gasteiger partial charge in [-0.25, -0.2) is 0 Å². The fourth-order valence-corrected chi connectivity index (χ4v) is 3.32. The van der Waals surface area contributed by atoms with Gasteiger partial charge in [0.1, 0.15) is 0 Å². The van der Waals surface area contributed by atoms with E-state index in [0.29, 0.717) is 13.1 Å². The second-order valence-electron chi connectivity index (χ2n) is 7.17. The van der Waals surface area contributed by atoms with Crippen LogP contribution >= 0.6 is 24.0 Å². The Morgan fingerprint density at radius 3 is 2.33 bits per heavy atom. The molecule has 0 fully saturated rings. The Kier molecular flexibility index (Phi) is 10.4. The number of halogens is 1. The number of benzene rings is 1. The predicted octanol–water partition coefficient (Wildman–Crippen LogP) is 2.64. The van der Waals surface area contributed by atoms with Gasteiger partial charge in [-0.05, 0) is 45.6 Å². The van der Waals surface area contributed by atoms with Crippen molar-refractivity contribution in [1.82, 2.24) is 25.3 Å². The van der Waals surface area contributed by atoms with E-state index >= 15 is 0 Å². The van der Waals surface area contributed by atoms with Crippen molar-refractivity contribution in [3.05, 3.63) is 40.7 Å². The maximum atomic E-state index is 5.46. The van der Waals surface area contributed by atoms with Crippen molar-refractivity contribution >= 4 is 29.9 Å². The number of aromatic nitrogens is 2. The molecule has 0 aliphatic carbocycles. The molecule has 0 saturated heterocycles. The number of likely N-dealkylation sites (N-methyl/N-ethyl adjacent to an activating group) is 1. The van der Waals surface area contributed by atoms with Crippen molar-refractivity contribution < 1.29 is 9.47 Å². The van der Waals surface area contributed by atoms with E-state index in [1.54, 1.807) is 21.3 Å². The first-order chi connectivity index (χ1) is 13.8. The molecule has 0 saturated carbocycles. The smallest absolute Gasteiger partial charge is 0.191 e. The van der Waals surface area contributed by atoms with Crippen LogP contribution in [0.15, 0.2) is 23.2 Å². The number of aryl methyl sites for hydroxylation is 2. The number of methoxy groups -OCH3 is 2. The second-order valence-corrected chi connectivity index (χ2v) is 7.17. The van der Waals surface area contributed by atoms with Crippen LogP contribution in [-0.2, 0) is 13.6 Å². The van der Waals surface area contributed by atoms with Gasteiger partial charge in [-0.3, -0.25) is 9.67 Å². The fourth-order valence-electron chi connectivity index (χ4n) is 3.32. The molecule has 2 aromatic rings. The number of hydrogen-bond acceptors (Lipinski definition) is 5. The lowest BCUT2D eigenvalue weighted by Gasteiger charge is -2.26. The SMILES string of the molecule is CN=C(NCc1c(C)nn(C)c1C)NCC(c1ccc(OC)c(OC)c1)N(C)C.I. The molecule has 0 aliphatic rings. The van der Waals surface area contributed by atoms with Crippen molar-refractivity contribution in [2.45, 2.75) is 26.4 Å². The Balaban J connectivity index is 0.00000450. The molecule has 1 heterocycles. The maximum absolute atomic E-state index is 5.46. The Morgan fingerprint density at radius 2 is 1.83 bits per heavy atom. The summed E-state index contributed by atoms with van der Waals surface area (Å²) in [4.78, 5) is 6.52. The molecule has 30 heavy (non-hydrogen) atoms. The minimum absolute atomic E-state index is 0. The minimum atomic E-state index is 0. The summed E-state index contributed by atoms with van der Waals surface area (Å²) in [7, 11) is 11.1. The van der Waals surface area contributed by atoms with Gasteiger partial charge in [-0.1, -0.05) is 6.07 Å². The Morgan fingerprint density at radius 1 is 1.17 bits per heavy atom. The zero-order valence-electron chi connectivity index (χ0n) is 19.2. The third-order valence-electron chi connectivity index (χ3n) is 5.19. The van der Waals surface area contributed by atoms with Crippen molar-refractivity contribution in [2.24, 2.45) is 12.0 Å². The maximum Gasteiger partial charge on any atom is 0.191 e. The van der Waals surface area contributed by atoms with Crippen LogP contribution in [0.3, 0.4) is 0 Å². The van der Waals surface area contributed by atoms with Crippen LogP contribution in [-0.4, -0.2) is 62.5 Å². The largest absolute Gasteiger partial charge is 0.493 e. The molecule has 9 heteroatoms. The topological polar surface area (TPSA) is 75.9 Å². The number of hydrogen-bond donors (Lipinski definition) is 2. The molecule has 0 amide bonds. The first-order valence-electron chi connectivity index (χ1n) is 9.64. The van der Waals surface area contributed by atoms with E-state index in [2.05, 4.69) is 52.7 Å². The van der Waals surface area contributed by atoms with Crippen LogP contribution in [0.5, 0.6) is 11.5 Å². The number of nitrogens with zero attached hydrogens (tertiary/aromatic N) is 4. The average molecular weight is 530 g/mol. The molecule has 2 rings (SSSR count). The quantitative estimate of drug-likeness (QED) is 0.311. The second kappa shape index (κ2) is 12.0. The normalized spacial score (nSPS) is 12.4. The van der Waals surface area contributed by atoms with E-state index in [0.717, 1.165) is 34.4 Å². The molecule has 0 bridgehead atoms. The van der Waals surface area contributed by atoms with Gasteiger partial charge in [0.25, 0.3) is 0 Å². The Labute approximate surface area is 197 Å². The van der Waals surface area contributed by atoms with Crippen molar-refractivity contribution in [3.8, 4) is 11.5 Å². The molecular formula is C21H35IN6O2. The lowest BCUT2D eigenvalue weighted by atomic mass is 10.1. The van der Waals surface area contributed by atoms with Gasteiger partial charge in [-0.2, -0.15) is 5.10 Å². The van der Waals surface area contributed by atoms with Gasteiger partial charge in [0.2, 0.25) is 0 Å². The predicted molar refractivity (Wildman–Crippen MR) is 132 cm³/mol. The fraction of sp³-hybridized carbons (Fsp3) is 0.524. The molecule has 1 unspecified atom stereocenters. The van der Waals surface area contributed by atoms with Crippen LogP contribution in [0.4, 0.5) is 0 Å². The third-order valence-corrected chi connectivity index (χ3v) is 5.19. The standard InChI is InChI=1S/C21H34N6O2.HI/c1-14-17(15(2)27(6)25-14)12-23-21(22-3)24-13-18(26(4)5)16-9-10-19(28-7)20(11-16)29-8;/h9-11,18H,12-13H2,1-8H3,(H2,22,23,24);1H. The van der Waals surface area contributed by atoms with Gasteiger partial charge < -0.3 is 25.0 Å². The first kappa shape index (κ1) is 26.0. The highest BCUT2D eigenvalue weighted by atomic mass is 127. The number of rotatable bonds is 8. The molecule has 1 aromatic carbocycles. The number of nitrogens with one attached hydrogen (secondary N) is 2. The Bertz CT molecular complexity index is 850. The van der Waals surface area contributed by atoms with Gasteiger partial charge in [0, 0.05) is 38.4 Å². The summed E-state index contributed by atoms with van der Waals surface area (Å²) in [5.74, 6) is 2.20. The van der Waals surface area contributed by atoms with Gasteiger partial charge in [0.15, 0.2) is 17.5 Å². The minimum Gasteiger partial charge on any atom is -0.493 e. The highest BCUT2D eigenvalue weighted by Gasteiger charge is 2.17. The number of aliphatic imine (C=N–C) groups is 1. The molecule has 0 radical (unpaired) electrons. The molecule has 0 aliphatic heterocycles. The summed E-state index contributed by atoms with van der Waals surface area (Å²) in [5, 5.41) is 11.3. The van der Waals surface area contributed by atoms with Crippen LogP contribution in [0.25, 0.3) is 0 Å². The number of guanidine groups is 1. The van der Waals surface area contributed by atoms with Crippen LogP contribution < -0.4 is 20.1 Å². The lowest BCUT2D eigenvalue weighted by molar-refractivity contribution is 0.295. The van der Waals surface area contributed by atoms with E-state index in [4.69, 9.17) is 9.47 Å². The molecule has 1 aromatic heterocycles. The lowest BCUT2D eigenvalue weighted by Crippen LogP contribution is -2.41. The summed E-state index contributed by atoms with van der Waals surface area (Å²) in [5.41, 5.74) is 4.51. The Hall–Kier alpha value is -2.01. The molecule has 168 valence electrons. The van der Waals surface area contributed by atoms with Gasteiger partial charge in [-0.15, -0.1) is 24.0 Å². The summed E-state index contributed by atoms with van der Waals surface area (Å²) < 4.78 is 12.7. The molecule has 8 nitrogen and oxygen atoms in total. The van der Waals surface area contributed by atoms with Crippen LogP contribution in [0.1, 0.15) is 28.6 Å². The highest BCUT2D eigenvalue weighted by molar-refractivity contribution is 14.0. The van der Waals surface area contributed by atoms with E-state index < -0.39 is 0 Å². The van der Waals surface area contributed by atoms with Gasteiger partial charge >= 0.3 is 0 Å².